The van der Waals surface area contributed by atoms with Crippen molar-refractivity contribution in [1.82, 2.24) is 9.97 Å². The molecular weight excluding hydrogens is 480 g/mol. The van der Waals surface area contributed by atoms with Crippen LogP contribution >= 0.6 is 11.6 Å². The van der Waals surface area contributed by atoms with Gasteiger partial charge < -0.3 is 8.83 Å². The lowest BCUT2D eigenvalue weighted by Gasteiger charge is -2.09. The van der Waals surface area contributed by atoms with E-state index in [9.17, 15) is 0 Å². The van der Waals surface area contributed by atoms with Gasteiger partial charge in [-0.05, 0) is 89.0 Å². The van der Waals surface area contributed by atoms with E-state index in [1.807, 2.05) is 84.9 Å². The van der Waals surface area contributed by atoms with Crippen molar-refractivity contribution in [2.75, 3.05) is 0 Å². The lowest BCUT2D eigenvalue weighted by atomic mass is 9.97. The second-order valence-corrected chi connectivity index (χ2v) is 9.29. The van der Waals surface area contributed by atoms with E-state index in [4.69, 9.17) is 20.4 Å². The van der Waals surface area contributed by atoms with Gasteiger partial charge in [0.05, 0.1) is 0 Å². The standard InChI is InChI=1S/C32H19ClN2O2/c33-26-18-24(20-9-13-22(14-10-20)31-34-27-5-1-3-7-29(27)36-31)17-25(19-26)21-11-15-23(16-12-21)32-35-28-6-2-4-8-30(28)37-32/h1-19H. The van der Waals surface area contributed by atoms with Crippen LogP contribution in [0.1, 0.15) is 0 Å². The first-order valence-electron chi connectivity index (χ1n) is 11.9. The molecule has 2 heterocycles. The van der Waals surface area contributed by atoms with Gasteiger partial charge in [0.1, 0.15) is 11.0 Å². The first kappa shape index (κ1) is 21.6. The third kappa shape index (κ3) is 4.07. The maximum Gasteiger partial charge on any atom is 0.227 e. The van der Waals surface area contributed by atoms with Gasteiger partial charge in [0.25, 0.3) is 0 Å². The monoisotopic (exact) mass is 498 g/mol. The predicted octanol–water partition coefficient (Wildman–Crippen LogP) is 9.29. The summed E-state index contributed by atoms with van der Waals surface area (Å²) in [5, 5.41) is 0.679. The Morgan fingerprint density at radius 1 is 0.432 bits per heavy atom. The molecule has 7 aromatic rings. The minimum absolute atomic E-state index is 0.610. The SMILES string of the molecule is Clc1cc(-c2ccc(-c3nc4ccccc4o3)cc2)cc(-c2ccc(-c3nc4ccccc4o3)cc2)c1. The summed E-state index contributed by atoms with van der Waals surface area (Å²) in [5.74, 6) is 1.22. The van der Waals surface area contributed by atoms with E-state index in [2.05, 4.69) is 40.3 Å². The normalized spacial score (nSPS) is 11.4. The average Bonchev–Trinajstić information content (AvgIpc) is 3.58. The highest BCUT2D eigenvalue weighted by atomic mass is 35.5. The fraction of sp³-hybridized carbons (Fsp3) is 0. The van der Waals surface area contributed by atoms with Crippen LogP contribution in [0.15, 0.2) is 124 Å². The van der Waals surface area contributed by atoms with E-state index in [-0.39, 0.29) is 0 Å². The maximum atomic E-state index is 6.54. The molecule has 5 aromatic carbocycles. The molecule has 0 radical (unpaired) electrons. The van der Waals surface area contributed by atoms with Crippen LogP contribution < -0.4 is 0 Å². The second kappa shape index (κ2) is 8.77. The fourth-order valence-corrected chi connectivity index (χ4v) is 4.76. The van der Waals surface area contributed by atoms with Gasteiger partial charge in [-0.15, -0.1) is 0 Å². The van der Waals surface area contributed by atoms with E-state index in [0.717, 1.165) is 55.6 Å². The third-order valence-corrected chi connectivity index (χ3v) is 6.63. The van der Waals surface area contributed by atoms with E-state index >= 15 is 0 Å². The van der Waals surface area contributed by atoms with Crippen LogP contribution in [0.3, 0.4) is 0 Å². The molecular formula is C32H19ClN2O2. The number of hydrogen-bond donors (Lipinski definition) is 0. The van der Waals surface area contributed by atoms with Crippen molar-refractivity contribution in [2.24, 2.45) is 0 Å². The maximum absolute atomic E-state index is 6.54. The predicted molar refractivity (Wildman–Crippen MR) is 148 cm³/mol. The molecule has 0 aliphatic heterocycles. The second-order valence-electron chi connectivity index (χ2n) is 8.86. The van der Waals surface area contributed by atoms with E-state index in [1.165, 1.54) is 0 Å². The number of aromatic nitrogens is 2. The Morgan fingerprint density at radius 3 is 1.27 bits per heavy atom. The molecule has 0 amide bonds. The molecule has 0 aliphatic rings. The number of halogens is 1. The summed E-state index contributed by atoms with van der Waals surface area (Å²) in [6.45, 7) is 0. The Bertz CT molecular complexity index is 1680. The smallest absolute Gasteiger partial charge is 0.227 e. The van der Waals surface area contributed by atoms with Gasteiger partial charge in [-0.3, -0.25) is 0 Å². The molecule has 0 aliphatic carbocycles. The van der Waals surface area contributed by atoms with Gasteiger partial charge in [-0.25, -0.2) is 9.97 Å². The van der Waals surface area contributed by atoms with Crippen LogP contribution in [0.2, 0.25) is 5.02 Å². The van der Waals surface area contributed by atoms with Crippen LogP contribution in [-0.2, 0) is 0 Å². The van der Waals surface area contributed by atoms with Crippen LogP contribution in [0.4, 0.5) is 0 Å². The fourth-order valence-electron chi connectivity index (χ4n) is 4.52. The molecule has 0 saturated heterocycles. The summed E-state index contributed by atoms with van der Waals surface area (Å²) in [6, 6.07) is 38.0. The summed E-state index contributed by atoms with van der Waals surface area (Å²) in [4.78, 5) is 9.19. The summed E-state index contributed by atoms with van der Waals surface area (Å²) < 4.78 is 11.8. The number of nitrogens with zero attached hydrogens (tertiary/aromatic N) is 2. The van der Waals surface area contributed by atoms with Gasteiger partial charge in [-0.2, -0.15) is 0 Å². The Kier molecular flexibility index (Phi) is 5.12. The minimum atomic E-state index is 0.610. The molecule has 0 spiro atoms. The summed E-state index contributed by atoms with van der Waals surface area (Å²) in [5.41, 5.74) is 9.31. The Balaban J connectivity index is 1.18. The molecule has 0 N–H and O–H groups in total. The Hall–Kier alpha value is -4.67. The van der Waals surface area contributed by atoms with Crippen LogP contribution in [-0.4, -0.2) is 9.97 Å². The molecule has 4 nitrogen and oxygen atoms in total. The van der Waals surface area contributed by atoms with Crippen molar-refractivity contribution in [3.05, 3.63) is 120 Å². The highest BCUT2D eigenvalue weighted by Crippen LogP contribution is 2.33. The molecule has 0 fully saturated rings. The van der Waals surface area contributed by atoms with Gasteiger partial charge in [-0.1, -0.05) is 60.1 Å². The van der Waals surface area contributed by atoms with Crippen molar-refractivity contribution in [3.63, 3.8) is 0 Å². The van der Waals surface area contributed by atoms with Gasteiger partial charge in [0, 0.05) is 16.1 Å². The molecule has 2 aromatic heterocycles. The number of para-hydroxylation sites is 4. The molecule has 7 rings (SSSR count). The molecule has 176 valence electrons. The topological polar surface area (TPSA) is 52.1 Å². The summed E-state index contributed by atoms with van der Waals surface area (Å²) in [7, 11) is 0. The van der Waals surface area contributed by atoms with Crippen molar-refractivity contribution < 1.29 is 8.83 Å². The van der Waals surface area contributed by atoms with Crippen molar-refractivity contribution in [2.45, 2.75) is 0 Å². The highest BCUT2D eigenvalue weighted by Gasteiger charge is 2.11. The van der Waals surface area contributed by atoms with Crippen LogP contribution in [0.5, 0.6) is 0 Å². The number of rotatable bonds is 4. The molecule has 0 atom stereocenters. The van der Waals surface area contributed by atoms with Crippen LogP contribution in [0.25, 0.3) is 67.4 Å². The molecule has 0 unspecified atom stereocenters. The molecule has 37 heavy (non-hydrogen) atoms. The lowest BCUT2D eigenvalue weighted by molar-refractivity contribution is 0.619. The van der Waals surface area contributed by atoms with E-state index in [0.29, 0.717) is 16.8 Å². The van der Waals surface area contributed by atoms with Crippen LogP contribution in [0, 0.1) is 0 Å². The zero-order valence-corrected chi connectivity index (χ0v) is 20.3. The number of oxazole rings is 2. The lowest BCUT2D eigenvalue weighted by Crippen LogP contribution is -1.85. The molecule has 0 bridgehead atoms. The van der Waals surface area contributed by atoms with Gasteiger partial charge >= 0.3 is 0 Å². The summed E-state index contributed by atoms with van der Waals surface area (Å²) >= 11 is 6.54. The quantitative estimate of drug-likeness (QED) is 0.242. The largest absolute Gasteiger partial charge is 0.436 e. The van der Waals surface area contributed by atoms with Gasteiger partial charge in [0.2, 0.25) is 11.8 Å². The average molecular weight is 499 g/mol. The van der Waals surface area contributed by atoms with Crippen molar-refractivity contribution in [1.29, 1.82) is 0 Å². The van der Waals surface area contributed by atoms with Crippen molar-refractivity contribution >= 4 is 33.8 Å². The first-order chi connectivity index (χ1) is 18.2. The number of benzene rings is 5. The Labute approximate surface area is 217 Å². The number of fused-ring (bicyclic) bond motifs is 2. The van der Waals surface area contributed by atoms with E-state index in [1.54, 1.807) is 0 Å². The van der Waals surface area contributed by atoms with Gasteiger partial charge in [0.15, 0.2) is 11.2 Å². The Morgan fingerprint density at radius 2 is 0.838 bits per heavy atom. The number of hydrogen-bond acceptors (Lipinski definition) is 4. The summed E-state index contributed by atoms with van der Waals surface area (Å²) in [6.07, 6.45) is 0. The van der Waals surface area contributed by atoms with Crippen molar-refractivity contribution in [3.8, 4) is 45.2 Å². The van der Waals surface area contributed by atoms with E-state index < -0.39 is 0 Å². The molecule has 0 saturated carbocycles. The minimum Gasteiger partial charge on any atom is -0.436 e. The zero-order chi connectivity index (χ0) is 24.8. The zero-order valence-electron chi connectivity index (χ0n) is 19.6. The third-order valence-electron chi connectivity index (χ3n) is 6.42. The first-order valence-corrected chi connectivity index (χ1v) is 12.3. The molecule has 5 heteroatoms. The highest BCUT2D eigenvalue weighted by molar-refractivity contribution is 6.31.